The molecule has 2 aliphatic heterocycles. The standard InChI is InChI=1S/C23H20N4O3/c28-19(24-13-7-10-16-8-3-1-4-9-16)15-27-22(29)21-20(26-23(27)30)18(14-25-21)17-11-5-2-6-12-17/h1-6,8-9,11-12,14H,7,10,13,15H2,(H,24,28). The van der Waals surface area contributed by atoms with Gasteiger partial charge in [0.05, 0.1) is 0 Å². The number of benzene rings is 2. The highest BCUT2D eigenvalue weighted by Gasteiger charge is 2.38. The Kier molecular flexibility index (Phi) is 5.61. The number of aryl methyl sites for hydroxylation is 1. The lowest BCUT2D eigenvalue weighted by Gasteiger charge is -2.23. The number of carbonyl (C=O) groups excluding carboxylic acids is 3. The SMILES string of the molecule is O=C(CN1C(=O)N=C2C(c3ccccc3)=CN=C2C1=O)NCCCc1ccccc1. The van der Waals surface area contributed by atoms with Gasteiger partial charge in [0.1, 0.15) is 12.3 Å². The Morgan fingerprint density at radius 3 is 2.37 bits per heavy atom. The fourth-order valence-corrected chi connectivity index (χ4v) is 3.35. The topological polar surface area (TPSA) is 91.2 Å². The molecule has 7 heteroatoms. The zero-order valence-corrected chi connectivity index (χ0v) is 16.2. The van der Waals surface area contributed by atoms with E-state index in [2.05, 4.69) is 15.3 Å². The molecule has 0 aliphatic carbocycles. The van der Waals surface area contributed by atoms with Gasteiger partial charge in [-0.3, -0.25) is 9.59 Å². The second kappa shape index (κ2) is 8.65. The van der Waals surface area contributed by atoms with Crippen molar-refractivity contribution < 1.29 is 14.4 Å². The first-order valence-electron chi connectivity index (χ1n) is 9.73. The molecule has 0 aromatic heterocycles. The summed E-state index contributed by atoms with van der Waals surface area (Å²) >= 11 is 0. The molecule has 2 aromatic carbocycles. The molecule has 0 unspecified atom stereocenters. The number of hydrogen-bond acceptors (Lipinski definition) is 4. The molecule has 7 nitrogen and oxygen atoms in total. The zero-order chi connectivity index (χ0) is 20.9. The van der Waals surface area contributed by atoms with Crippen LogP contribution in [0, 0.1) is 0 Å². The molecule has 2 heterocycles. The van der Waals surface area contributed by atoms with Crippen LogP contribution in [-0.4, -0.2) is 47.3 Å². The average Bonchev–Trinajstić information content (AvgIpc) is 3.19. The minimum absolute atomic E-state index is 0.0883. The molecule has 0 radical (unpaired) electrons. The van der Waals surface area contributed by atoms with Crippen molar-refractivity contribution in [3.8, 4) is 0 Å². The van der Waals surface area contributed by atoms with Crippen molar-refractivity contribution in [1.29, 1.82) is 0 Å². The fraction of sp³-hybridized carbons (Fsp3) is 0.174. The van der Waals surface area contributed by atoms with Crippen molar-refractivity contribution in [2.24, 2.45) is 9.98 Å². The van der Waals surface area contributed by atoms with Crippen LogP contribution in [0.5, 0.6) is 0 Å². The molecule has 0 spiro atoms. The molecule has 0 atom stereocenters. The molecular formula is C23H20N4O3. The summed E-state index contributed by atoms with van der Waals surface area (Å²) in [6.07, 6.45) is 3.12. The predicted octanol–water partition coefficient (Wildman–Crippen LogP) is 2.63. The maximum absolute atomic E-state index is 12.7. The molecule has 30 heavy (non-hydrogen) atoms. The van der Waals surface area contributed by atoms with Crippen molar-refractivity contribution in [1.82, 2.24) is 10.2 Å². The maximum Gasteiger partial charge on any atom is 0.351 e. The smallest absolute Gasteiger partial charge is 0.351 e. The van der Waals surface area contributed by atoms with Crippen LogP contribution in [0.3, 0.4) is 0 Å². The third-order valence-electron chi connectivity index (χ3n) is 4.88. The van der Waals surface area contributed by atoms with E-state index in [4.69, 9.17) is 0 Å². The van der Waals surface area contributed by atoms with E-state index in [1.54, 1.807) is 0 Å². The Morgan fingerprint density at radius 2 is 1.63 bits per heavy atom. The number of nitrogens with zero attached hydrogens (tertiary/aromatic N) is 3. The van der Waals surface area contributed by atoms with Crippen molar-refractivity contribution in [2.75, 3.05) is 13.1 Å². The van der Waals surface area contributed by atoms with Crippen LogP contribution in [-0.2, 0) is 16.0 Å². The molecule has 0 fully saturated rings. The monoisotopic (exact) mass is 400 g/mol. The van der Waals surface area contributed by atoms with Gasteiger partial charge in [0, 0.05) is 18.3 Å². The second-order valence-corrected chi connectivity index (χ2v) is 6.96. The normalized spacial score (nSPS) is 15.3. The number of rotatable bonds is 7. The van der Waals surface area contributed by atoms with Crippen LogP contribution < -0.4 is 5.32 Å². The van der Waals surface area contributed by atoms with Crippen LogP contribution in [0.25, 0.3) is 5.57 Å². The molecule has 0 saturated carbocycles. The van der Waals surface area contributed by atoms with E-state index in [1.165, 1.54) is 11.8 Å². The largest absolute Gasteiger partial charge is 0.355 e. The number of allylic oxidation sites excluding steroid dienone is 1. The van der Waals surface area contributed by atoms with E-state index in [-0.39, 0.29) is 18.0 Å². The molecule has 1 N–H and O–H groups in total. The highest BCUT2D eigenvalue weighted by Crippen LogP contribution is 2.25. The Morgan fingerprint density at radius 1 is 0.933 bits per heavy atom. The first kappa shape index (κ1) is 19.4. The van der Waals surface area contributed by atoms with Crippen LogP contribution in [0.4, 0.5) is 4.79 Å². The molecule has 4 rings (SSSR count). The van der Waals surface area contributed by atoms with E-state index in [1.807, 2.05) is 60.7 Å². The summed E-state index contributed by atoms with van der Waals surface area (Å²) in [4.78, 5) is 46.4. The lowest BCUT2D eigenvalue weighted by atomic mass is 9.99. The molecule has 2 aliphatic rings. The minimum Gasteiger partial charge on any atom is -0.355 e. The van der Waals surface area contributed by atoms with Gasteiger partial charge in [-0.25, -0.2) is 14.7 Å². The van der Waals surface area contributed by atoms with E-state index >= 15 is 0 Å². The maximum atomic E-state index is 12.7. The number of carbonyl (C=O) groups is 3. The Labute approximate surface area is 173 Å². The quantitative estimate of drug-likeness (QED) is 0.725. The predicted molar refractivity (Wildman–Crippen MR) is 114 cm³/mol. The summed E-state index contributed by atoms with van der Waals surface area (Å²) in [6, 6.07) is 18.5. The van der Waals surface area contributed by atoms with Crippen LogP contribution in [0.2, 0.25) is 0 Å². The number of urea groups is 1. The first-order chi connectivity index (χ1) is 14.6. The Hall–Kier alpha value is -3.87. The van der Waals surface area contributed by atoms with Gasteiger partial charge >= 0.3 is 6.03 Å². The van der Waals surface area contributed by atoms with Gasteiger partial charge in [-0.2, -0.15) is 4.99 Å². The number of hydrogen-bond donors (Lipinski definition) is 1. The summed E-state index contributed by atoms with van der Waals surface area (Å²) in [5.74, 6) is -1.01. The van der Waals surface area contributed by atoms with Gasteiger partial charge in [0.15, 0.2) is 5.71 Å². The van der Waals surface area contributed by atoms with Gasteiger partial charge in [0.25, 0.3) is 5.91 Å². The highest BCUT2D eigenvalue weighted by atomic mass is 16.2. The molecule has 2 aromatic rings. The van der Waals surface area contributed by atoms with Gasteiger partial charge < -0.3 is 5.32 Å². The van der Waals surface area contributed by atoms with Crippen molar-refractivity contribution in [3.05, 3.63) is 78.0 Å². The second-order valence-electron chi connectivity index (χ2n) is 6.96. The van der Waals surface area contributed by atoms with E-state index < -0.39 is 17.8 Å². The van der Waals surface area contributed by atoms with E-state index in [0.29, 0.717) is 12.1 Å². The summed E-state index contributed by atoms with van der Waals surface area (Å²) in [5, 5.41) is 2.75. The summed E-state index contributed by atoms with van der Waals surface area (Å²) < 4.78 is 0. The fourth-order valence-electron chi connectivity index (χ4n) is 3.35. The number of fused-ring (bicyclic) bond motifs is 1. The summed E-state index contributed by atoms with van der Waals surface area (Å²) in [5.41, 5.74) is 2.98. The van der Waals surface area contributed by atoms with Gasteiger partial charge in [0.2, 0.25) is 5.91 Å². The number of aliphatic imine (C=N–C) groups is 2. The summed E-state index contributed by atoms with van der Waals surface area (Å²) in [6.45, 7) is 0.0819. The van der Waals surface area contributed by atoms with Gasteiger partial charge in [-0.15, -0.1) is 0 Å². The molecule has 0 bridgehead atoms. The zero-order valence-electron chi connectivity index (χ0n) is 16.2. The number of amides is 4. The van der Waals surface area contributed by atoms with Crippen molar-refractivity contribution in [2.45, 2.75) is 12.8 Å². The third kappa shape index (κ3) is 4.10. The third-order valence-corrected chi connectivity index (χ3v) is 4.88. The van der Waals surface area contributed by atoms with Crippen LogP contribution in [0.1, 0.15) is 17.5 Å². The van der Waals surface area contributed by atoms with Gasteiger partial charge in [-0.05, 0) is 24.0 Å². The van der Waals surface area contributed by atoms with Crippen LogP contribution in [0.15, 0.2) is 76.8 Å². The lowest BCUT2D eigenvalue weighted by molar-refractivity contribution is -0.128. The van der Waals surface area contributed by atoms with Crippen molar-refractivity contribution >= 4 is 34.8 Å². The van der Waals surface area contributed by atoms with Gasteiger partial charge in [-0.1, -0.05) is 60.7 Å². The number of imide groups is 1. The van der Waals surface area contributed by atoms with E-state index in [9.17, 15) is 14.4 Å². The Balaban J connectivity index is 1.34. The molecule has 0 saturated heterocycles. The molecular weight excluding hydrogens is 380 g/mol. The summed E-state index contributed by atoms with van der Waals surface area (Å²) in [7, 11) is 0. The Bertz CT molecular complexity index is 1070. The lowest BCUT2D eigenvalue weighted by Crippen LogP contribution is -2.50. The number of nitrogens with one attached hydrogen (secondary N) is 1. The van der Waals surface area contributed by atoms with Crippen LogP contribution >= 0.6 is 0 Å². The minimum atomic E-state index is -0.753. The first-order valence-corrected chi connectivity index (χ1v) is 9.73. The van der Waals surface area contributed by atoms with E-state index in [0.717, 1.165) is 23.3 Å². The molecule has 150 valence electrons. The van der Waals surface area contributed by atoms with Crippen molar-refractivity contribution in [3.63, 3.8) is 0 Å². The molecule has 4 amide bonds. The average molecular weight is 400 g/mol. The highest BCUT2D eigenvalue weighted by molar-refractivity contribution is 6.78.